The van der Waals surface area contributed by atoms with Gasteiger partial charge in [0.1, 0.15) is 0 Å². The Balaban J connectivity index is 1.16. The van der Waals surface area contributed by atoms with Crippen LogP contribution in [0.1, 0.15) is 44.5 Å². The lowest BCUT2D eigenvalue weighted by atomic mass is 9.91. The number of benzene rings is 11. The standard InChI is InChI=1S/C81H35N15/c1-45-11-10-12-46(2)77(45)49-13-19-75(95-71-20-14-50(78-55(42-85)29-59(89-4)30-56(78)43-86)33-61(71)62-35-52(16-22-72(62)95)80-57(44-87)31-60(90-5)38-70(80)94-9)65(32-49)66-37-58(88-3)18-24-76(66)96-73-21-15-51(79-54(41-84)25-47(39-82)26-67(79)91-6)34-63(73)64-36-53(17-23-74(64)96)81-68(92-7)27-48(40-83)28-69(81)93-8/h10-38H,1-2H3. The molecule has 96 heavy (non-hydrogen) atoms. The maximum absolute atomic E-state index is 10.6. The van der Waals surface area contributed by atoms with Crippen LogP contribution in [0.3, 0.4) is 0 Å². The van der Waals surface area contributed by atoms with Crippen LogP contribution in [0.15, 0.2) is 176 Å². The van der Waals surface area contributed by atoms with E-state index >= 15 is 0 Å². The van der Waals surface area contributed by atoms with E-state index in [4.69, 9.17) is 46.0 Å². The highest BCUT2D eigenvalue weighted by Crippen LogP contribution is 2.50. The Kier molecular flexibility index (Phi) is 14.7. The van der Waals surface area contributed by atoms with Crippen molar-refractivity contribution in [1.29, 1.82) is 31.6 Å². The molecule has 0 aliphatic rings. The molecular formula is C81H35N15. The van der Waals surface area contributed by atoms with Gasteiger partial charge in [-0.25, -0.2) is 33.9 Å². The first-order valence-corrected chi connectivity index (χ1v) is 29.1. The topological polar surface area (TPSA) is 183 Å². The second-order valence-corrected chi connectivity index (χ2v) is 22.4. The Hall–Kier alpha value is -15.6. The van der Waals surface area contributed by atoms with Crippen molar-refractivity contribution in [3.8, 4) is 115 Å². The number of fused-ring (bicyclic) bond motifs is 6. The molecule has 2 heterocycles. The molecule has 0 radical (unpaired) electrons. The van der Waals surface area contributed by atoms with Crippen LogP contribution in [-0.4, -0.2) is 9.13 Å². The van der Waals surface area contributed by atoms with Gasteiger partial charge in [-0.05, 0) is 185 Å². The predicted octanol–water partition coefficient (Wildman–Crippen LogP) is 21.6. The number of aromatic nitrogens is 2. The van der Waals surface area contributed by atoms with E-state index in [2.05, 4.69) is 85.5 Å². The lowest BCUT2D eigenvalue weighted by Gasteiger charge is -2.21. The van der Waals surface area contributed by atoms with Crippen molar-refractivity contribution >= 4 is 83.4 Å². The summed E-state index contributed by atoms with van der Waals surface area (Å²) in [4.78, 5) is 26.2. The molecule has 0 N–H and O–H groups in total. The molecule has 434 valence electrons. The zero-order valence-corrected chi connectivity index (χ0v) is 50.5. The van der Waals surface area contributed by atoms with Crippen molar-refractivity contribution in [1.82, 2.24) is 9.13 Å². The highest BCUT2D eigenvalue weighted by Gasteiger charge is 2.27. The molecule has 0 atom stereocenters. The fraction of sp³-hybridized carbons (Fsp3) is 0.0247. The summed E-state index contributed by atoms with van der Waals surface area (Å²) < 4.78 is 4.15. The molecule has 13 aromatic rings. The molecule has 15 nitrogen and oxygen atoms in total. The Morgan fingerprint density at radius 2 is 0.635 bits per heavy atom. The SMILES string of the molecule is [C-]#[N+]c1cc(C#N)c(-c2ccc3c(c2)c2cc(-c4c(C#N)cc([N+]#[C-])cc4[N+]#[C-])ccc2n3-c2ccc(-c3c(C)cccc3C)cc2-c2cc([N+]#[C-])ccc2-n2c3ccc(-c4c(C#N)cc(C#N)cc4[N+]#[C-])cc3c3cc(-c4c([N+]#[C-])cc(C#N)cc4[N+]#[C-])ccc32)c(C#N)c1. The average molecular weight is 1220 g/mol. The van der Waals surface area contributed by atoms with Crippen molar-refractivity contribution < 1.29 is 0 Å². The molecule has 2 aromatic heterocycles. The lowest BCUT2D eigenvalue weighted by Crippen LogP contribution is -2.02. The van der Waals surface area contributed by atoms with E-state index in [1.54, 1.807) is 6.07 Å². The third kappa shape index (κ3) is 9.49. The molecule has 0 saturated heterocycles. The zero-order chi connectivity index (χ0) is 67.2. The van der Waals surface area contributed by atoms with E-state index < -0.39 is 0 Å². The highest BCUT2D eigenvalue weighted by molar-refractivity contribution is 6.15. The lowest BCUT2D eigenvalue weighted by molar-refractivity contribution is 1.16. The average Bonchev–Trinajstić information content (AvgIpc) is 1.56. The largest absolute Gasteiger partial charge is 0.309 e. The summed E-state index contributed by atoms with van der Waals surface area (Å²) >= 11 is 0. The molecular weight excluding hydrogens is 1180 g/mol. The van der Waals surface area contributed by atoms with E-state index in [0.717, 1.165) is 22.3 Å². The smallest absolute Gasteiger partial charge is 0.197 e. The Labute approximate surface area is 550 Å². The third-order valence-electron chi connectivity index (χ3n) is 17.3. The van der Waals surface area contributed by atoms with Gasteiger partial charge in [-0.1, -0.05) is 60.7 Å². The normalized spacial score (nSPS) is 10.5. The summed E-state index contributed by atoms with van der Waals surface area (Å²) in [6.45, 7) is 61.1. The van der Waals surface area contributed by atoms with Crippen LogP contribution in [-0.2, 0) is 0 Å². The second-order valence-electron chi connectivity index (χ2n) is 22.4. The van der Waals surface area contributed by atoms with Gasteiger partial charge in [0.05, 0.1) is 133 Å². The highest BCUT2D eigenvalue weighted by atomic mass is 15.0. The van der Waals surface area contributed by atoms with E-state index in [1.807, 2.05) is 129 Å². The van der Waals surface area contributed by atoms with E-state index in [-0.39, 0.29) is 67.5 Å². The Bertz CT molecular complexity index is 5890. The van der Waals surface area contributed by atoms with Crippen LogP contribution in [0.4, 0.5) is 39.8 Å². The van der Waals surface area contributed by atoms with Crippen LogP contribution in [0.5, 0.6) is 0 Å². The number of rotatable bonds is 8. The van der Waals surface area contributed by atoms with E-state index in [1.165, 1.54) is 48.5 Å². The van der Waals surface area contributed by atoms with Gasteiger partial charge in [0.15, 0.2) is 39.8 Å². The van der Waals surface area contributed by atoms with Crippen LogP contribution < -0.4 is 0 Å². The van der Waals surface area contributed by atoms with E-state index in [0.29, 0.717) is 116 Å². The van der Waals surface area contributed by atoms with Crippen LogP contribution in [0, 0.1) is 128 Å². The molecule has 11 aromatic carbocycles. The summed E-state index contributed by atoms with van der Waals surface area (Å²) in [7, 11) is 0. The first-order chi connectivity index (χ1) is 46.8. The first-order valence-electron chi connectivity index (χ1n) is 29.1. The Morgan fingerprint density at radius 1 is 0.292 bits per heavy atom. The monoisotopic (exact) mass is 1220 g/mol. The van der Waals surface area contributed by atoms with Crippen molar-refractivity contribution in [2.45, 2.75) is 13.8 Å². The van der Waals surface area contributed by atoms with Crippen molar-refractivity contribution in [2.75, 3.05) is 0 Å². The predicted molar refractivity (Wildman–Crippen MR) is 369 cm³/mol. The van der Waals surface area contributed by atoms with Gasteiger partial charge in [-0.2, -0.15) is 31.6 Å². The number of nitriles is 6. The van der Waals surface area contributed by atoms with Gasteiger partial charge in [0, 0.05) is 60.5 Å². The summed E-state index contributed by atoms with van der Waals surface area (Å²) in [6.07, 6.45) is 0. The fourth-order valence-electron chi connectivity index (χ4n) is 13.2. The molecule has 0 fully saturated rings. The number of hydrogen-bond acceptors (Lipinski definition) is 6. The van der Waals surface area contributed by atoms with Gasteiger partial charge >= 0.3 is 0 Å². The second kappa shape index (κ2) is 23.7. The van der Waals surface area contributed by atoms with Crippen LogP contribution >= 0.6 is 0 Å². The Morgan fingerprint density at radius 3 is 1.06 bits per heavy atom. The summed E-state index contributed by atoms with van der Waals surface area (Å²) in [5, 5.41) is 64.8. The number of aryl methyl sites for hydroxylation is 2. The number of nitrogens with zero attached hydrogens (tertiary/aromatic N) is 15. The molecule has 0 bridgehead atoms. The molecule has 0 aliphatic carbocycles. The van der Waals surface area contributed by atoms with Gasteiger partial charge in [0.2, 0.25) is 0 Å². The minimum atomic E-state index is 0.0885. The molecule has 0 unspecified atom stereocenters. The summed E-state index contributed by atoms with van der Waals surface area (Å²) in [5.74, 6) is 0. The minimum absolute atomic E-state index is 0.0885. The number of hydrogen-bond donors (Lipinski definition) is 0. The summed E-state index contributed by atoms with van der Waals surface area (Å²) in [5.41, 5.74) is 13.8. The molecule has 0 amide bonds. The van der Waals surface area contributed by atoms with Gasteiger partial charge in [0.25, 0.3) is 0 Å². The van der Waals surface area contributed by atoms with Crippen molar-refractivity contribution in [3.63, 3.8) is 0 Å². The van der Waals surface area contributed by atoms with Gasteiger partial charge in [-0.3, -0.25) is 0 Å². The molecule has 15 heteroatoms. The first kappa shape index (κ1) is 59.4. The summed E-state index contributed by atoms with van der Waals surface area (Å²) in [6, 6.07) is 64.6. The minimum Gasteiger partial charge on any atom is -0.309 e. The van der Waals surface area contributed by atoms with Gasteiger partial charge in [-0.15, -0.1) is 0 Å². The molecule has 0 aliphatic heterocycles. The molecule has 0 spiro atoms. The van der Waals surface area contributed by atoms with Crippen molar-refractivity contribution in [3.05, 3.63) is 300 Å². The van der Waals surface area contributed by atoms with Crippen LogP contribution in [0.25, 0.3) is 156 Å². The zero-order valence-electron chi connectivity index (χ0n) is 50.5. The quantitative estimate of drug-likeness (QED) is 0.136. The van der Waals surface area contributed by atoms with E-state index in [9.17, 15) is 31.6 Å². The van der Waals surface area contributed by atoms with Gasteiger partial charge < -0.3 is 9.13 Å². The third-order valence-corrected chi connectivity index (χ3v) is 17.3. The molecule has 0 saturated carbocycles. The maximum Gasteiger partial charge on any atom is 0.197 e. The molecule has 13 rings (SSSR count). The maximum atomic E-state index is 10.6. The fourth-order valence-corrected chi connectivity index (χ4v) is 13.2. The van der Waals surface area contributed by atoms with Crippen molar-refractivity contribution in [2.24, 2.45) is 0 Å². The van der Waals surface area contributed by atoms with Crippen LogP contribution in [0.2, 0.25) is 0 Å².